The van der Waals surface area contributed by atoms with Crippen molar-refractivity contribution in [3.05, 3.63) is 35.0 Å². The van der Waals surface area contributed by atoms with E-state index in [4.69, 9.17) is 16.0 Å². The molecule has 1 heterocycles. The molecule has 0 aliphatic heterocycles. The summed E-state index contributed by atoms with van der Waals surface area (Å²) >= 11 is 5.87. The van der Waals surface area contributed by atoms with Crippen LogP contribution in [0.3, 0.4) is 0 Å². The van der Waals surface area contributed by atoms with Crippen molar-refractivity contribution in [3.8, 4) is 0 Å². The Bertz CT molecular complexity index is 526. The summed E-state index contributed by atoms with van der Waals surface area (Å²) in [4.78, 5) is 11.8. The minimum atomic E-state index is 0.0438. The first kappa shape index (κ1) is 11.2. The maximum atomic E-state index is 11.8. The van der Waals surface area contributed by atoms with Gasteiger partial charge in [0.15, 0.2) is 11.5 Å². The van der Waals surface area contributed by atoms with Gasteiger partial charge in [-0.05, 0) is 30.2 Å². The maximum Gasteiger partial charge on any atom is 0.198 e. The van der Waals surface area contributed by atoms with Crippen LogP contribution in [0, 0.1) is 5.92 Å². The van der Waals surface area contributed by atoms with Gasteiger partial charge in [-0.2, -0.15) is 0 Å². The van der Waals surface area contributed by atoms with Crippen LogP contribution in [-0.4, -0.2) is 5.78 Å². The first-order valence-corrected chi connectivity index (χ1v) is 5.66. The normalized spacial score (nSPS) is 11.2. The van der Waals surface area contributed by atoms with Crippen LogP contribution in [0.15, 0.2) is 28.7 Å². The summed E-state index contributed by atoms with van der Waals surface area (Å²) < 4.78 is 5.48. The Morgan fingerprint density at radius 1 is 1.38 bits per heavy atom. The molecule has 0 unspecified atom stereocenters. The number of benzene rings is 1. The zero-order valence-electron chi connectivity index (χ0n) is 9.29. The largest absolute Gasteiger partial charge is 0.453 e. The molecule has 0 amide bonds. The summed E-state index contributed by atoms with van der Waals surface area (Å²) in [5.74, 6) is 0.803. The van der Waals surface area contributed by atoms with E-state index < -0.39 is 0 Å². The van der Waals surface area contributed by atoms with Crippen molar-refractivity contribution in [1.29, 1.82) is 0 Å². The maximum absolute atomic E-state index is 11.8. The number of halogens is 1. The number of hydrogen-bond acceptors (Lipinski definition) is 2. The predicted molar refractivity (Wildman–Crippen MR) is 65.0 cm³/mol. The molecule has 1 aromatic carbocycles. The highest BCUT2D eigenvalue weighted by molar-refractivity contribution is 6.31. The molecule has 0 spiro atoms. The molecule has 0 bridgehead atoms. The third-order valence-corrected chi connectivity index (χ3v) is 2.58. The molecule has 16 heavy (non-hydrogen) atoms. The first-order valence-electron chi connectivity index (χ1n) is 5.28. The van der Waals surface area contributed by atoms with Crippen molar-refractivity contribution in [2.75, 3.05) is 0 Å². The van der Waals surface area contributed by atoms with Crippen LogP contribution in [0.5, 0.6) is 0 Å². The Morgan fingerprint density at radius 2 is 2.12 bits per heavy atom. The highest BCUT2D eigenvalue weighted by Gasteiger charge is 2.13. The number of carbonyl (C=O) groups is 1. The van der Waals surface area contributed by atoms with E-state index in [1.54, 1.807) is 24.3 Å². The van der Waals surface area contributed by atoms with Gasteiger partial charge in [0.25, 0.3) is 0 Å². The number of ketones is 1. The summed E-state index contributed by atoms with van der Waals surface area (Å²) in [6, 6.07) is 7.09. The lowest BCUT2D eigenvalue weighted by Crippen LogP contribution is -2.01. The van der Waals surface area contributed by atoms with Gasteiger partial charge < -0.3 is 4.42 Å². The third-order valence-electron chi connectivity index (χ3n) is 2.35. The summed E-state index contributed by atoms with van der Waals surface area (Å²) in [5, 5.41) is 1.52. The number of Topliss-reactive ketones (excluding diaryl/α,β-unsaturated/α-hetero) is 1. The van der Waals surface area contributed by atoms with E-state index in [9.17, 15) is 4.79 Å². The van der Waals surface area contributed by atoms with Crippen LogP contribution in [0.4, 0.5) is 0 Å². The number of rotatable bonds is 3. The minimum absolute atomic E-state index is 0.0438. The second kappa shape index (κ2) is 4.30. The van der Waals surface area contributed by atoms with Crippen molar-refractivity contribution < 1.29 is 9.21 Å². The summed E-state index contributed by atoms with van der Waals surface area (Å²) in [5.41, 5.74) is 0.705. The topological polar surface area (TPSA) is 30.2 Å². The molecule has 2 rings (SSSR count). The zero-order chi connectivity index (χ0) is 11.7. The van der Waals surface area contributed by atoms with Gasteiger partial charge in [-0.1, -0.05) is 25.4 Å². The fraction of sp³-hybridized carbons (Fsp3) is 0.308. The van der Waals surface area contributed by atoms with Gasteiger partial charge in [0, 0.05) is 16.8 Å². The van der Waals surface area contributed by atoms with E-state index in [1.807, 2.05) is 13.8 Å². The number of hydrogen-bond donors (Lipinski definition) is 0. The molecule has 84 valence electrons. The molecule has 0 aliphatic rings. The molecule has 3 heteroatoms. The number of carbonyl (C=O) groups excluding carboxylic acids is 1. The summed E-state index contributed by atoms with van der Waals surface area (Å²) in [7, 11) is 0. The molecular weight excluding hydrogens is 224 g/mol. The molecule has 0 fully saturated rings. The van der Waals surface area contributed by atoms with Gasteiger partial charge in [-0.25, -0.2) is 0 Å². The van der Waals surface area contributed by atoms with Crippen LogP contribution >= 0.6 is 11.6 Å². The average Bonchev–Trinajstić information content (AvgIpc) is 2.59. The third kappa shape index (κ3) is 2.27. The monoisotopic (exact) mass is 236 g/mol. The second-order valence-corrected chi connectivity index (χ2v) is 4.75. The smallest absolute Gasteiger partial charge is 0.198 e. The average molecular weight is 237 g/mol. The van der Waals surface area contributed by atoms with E-state index in [-0.39, 0.29) is 5.78 Å². The molecule has 2 aromatic rings. The van der Waals surface area contributed by atoms with Crippen LogP contribution in [0.2, 0.25) is 5.02 Å². The lowest BCUT2D eigenvalue weighted by atomic mass is 10.1. The van der Waals surface area contributed by atoms with Gasteiger partial charge in [-0.15, -0.1) is 0 Å². The van der Waals surface area contributed by atoms with Crippen LogP contribution < -0.4 is 0 Å². The van der Waals surface area contributed by atoms with Crippen molar-refractivity contribution >= 4 is 28.4 Å². The van der Waals surface area contributed by atoms with Gasteiger partial charge in [0.1, 0.15) is 5.58 Å². The Balaban J connectivity index is 2.36. The molecule has 2 nitrogen and oxygen atoms in total. The van der Waals surface area contributed by atoms with Crippen molar-refractivity contribution in [2.45, 2.75) is 20.3 Å². The van der Waals surface area contributed by atoms with E-state index in [1.165, 1.54) is 0 Å². The van der Waals surface area contributed by atoms with Crippen LogP contribution in [0.25, 0.3) is 11.0 Å². The first-order chi connectivity index (χ1) is 7.56. The lowest BCUT2D eigenvalue weighted by Gasteiger charge is -1.99. The number of fused-ring (bicyclic) bond motifs is 1. The minimum Gasteiger partial charge on any atom is -0.453 e. The second-order valence-electron chi connectivity index (χ2n) is 4.31. The molecule has 1 aromatic heterocycles. The van der Waals surface area contributed by atoms with E-state index in [2.05, 4.69) is 0 Å². The number of furan rings is 1. The van der Waals surface area contributed by atoms with Gasteiger partial charge in [0.2, 0.25) is 0 Å². The van der Waals surface area contributed by atoms with Crippen molar-refractivity contribution in [2.24, 2.45) is 5.92 Å². The molecule has 0 saturated heterocycles. The Morgan fingerprint density at radius 3 is 2.81 bits per heavy atom. The Labute approximate surface area is 99.2 Å². The van der Waals surface area contributed by atoms with Gasteiger partial charge in [-0.3, -0.25) is 4.79 Å². The molecule has 0 saturated carbocycles. The van der Waals surface area contributed by atoms with Crippen molar-refractivity contribution in [3.63, 3.8) is 0 Å². The van der Waals surface area contributed by atoms with Crippen molar-refractivity contribution in [1.82, 2.24) is 0 Å². The quantitative estimate of drug-likeness (QED) is 0.743. The summed E-state index contributed by atoms with van der Waals surface area (Å²) in [6.07, 6.45) is 0.507. The molecule has 0 atom stereocenters. The highest BCUT2D eigenvalue weighted by Crippen LogP contribution is 2.24. The highest BCUT2D eigenvalue weighted by atomic mass is 35.5. The SMILES string of the molecule is CC(C)CC(=O)c1cc2cc(Cl)ccc2o1. The molecule has 0 radical (unpaired) electrons. The zero-order valence-corrected chi connectivity index (χ0v) is 10.0. The standard InChI is InChI=1S/C13H13ClO2/c1-8(2)5-11(15)13-7-9-6-10(14)3-4-12(9)16-13/h3-4,6-8H,5H2,1-2H3. The van der Waals surface area contributed by atoms with E-state index in [0.29, 0.717) is 28.7 Å². The van der Waals surface area contributed by atoms with Crippen LogP contribution in [0.1, 0.15) is 30.8 Å². The molecule has 0 aliphatic carbocycles. The fourth-order valence-electron chi connectivity index (χ4n) is 1.62. The van der Waals surface area contributed by atoms with E-state index >= 15 is 0 Å². The Hall–Kier alpha value is -1.28. The van der Waals surface area contributed by atoms with E-state index in [0.717, 1.165) is 5.39 Å². The van der Waals surface area contributed by atoms with Gasteiger partial charge >= 0.3 is 0 Å². The van der Waals surface area contributed by atoms with Crippen LogP contribution in [-0.2, 0) is 0 Å². The molecular formula is C13H13ClO2. The fourth-order valence-corrected chi connectivity index (χ4v) is 1.80. The summed E-state index contributed by atoms with van der Waals surface area (Å²) in [6.45, 7) is 4.02. The van der Waals surface area contributed by atoms with Gasteiger partial charge in [0.05, 0.1) is 0 Å². The predicted octanol–water partition coefficient (Wildman–Crippen LogP) is 4.32. The molecule has 0 N–H and O–H groups in total. The Kier molecular flexibility index (Phi) is 3.01. The lowest BCUT2D eigenvalue weighted by molar-refractivity contribution is 0.0943.